The standard InChI is InChI=1S/C9H10N4O2S2/c1-5-3-7(15-13-5)11-8(14)6(2)17-9-12-10-4-16-9/h3-4,6H,1-2H3,(H,11,14)/t6-/m0/s1. The highest BCUT2D eigenvalue weighted by atomic mass is 32.2. The number of carbonyl (C=O) groups excluding carboxylic acids is 1. The fourth-order valence-electron chi connectivity index (χ4n) is 1.06. The molecule has 8 heteroatoms. The molecular formula is C9H10N4O2S2. The second-order valence-corrected chi connectivity index (χ2v) is 5.71. The molecule has 0 aliphatic carbocycles. The predicted molar refractivity (Wildman–Crippen MR) is 65.1 cm³/mol. The van der Waals surface area contributed by atoms with Crippen LogP contribution in [-0.4, -0.2) is 26.5 Å². The van der Waals surface area contributed by atoms with E-state index in [4.69, 9.17) is 4.52 Å². The van der Waals surface area contributed by atoms with Crippen molar-refractivity contribution in [3.05, 3.63) is 17.3 Å². The Kier molecular flexibility index (Phi) is 3.75. The van der Waals surface area contributed by atoms with Gasteiger partial charge in [0.25, 0.3) is 0 Å². The largest absolute Gasteiger partial charge is 0.338 e. The van der Waals surface area contributed by atoms with Gasteiger partial charge in [-0.3, -0.25) is 10.1 Å². The first-order valence-electron chi connectivity index (χ1n) is 4.82. The summed E-state index contributed by atoms with van der Waals surface area (Å²) in [5.74, 6) is 0.207. The molecule has 1 N–H and O–H groups in total. The highest BCUT2D eigenvalue weighted by Gasteiger charge is 2.17. The third-order valence-corrected chi connectivity index (χ3v) is 3.77. The van der Waals surface area contributed by atoms with Gasteiger partial charge in [0.2, 0.25) is 11.8 Å². The van der Waals surface area contributed by atoms with E-state index in [-0.39, 0.29) is 11.2 Å². The van der Waals surface area contributed by atoms with E-state index >= 15 is 0 Å². The van der Waals surface area contributed by atoms with E-state index < -0.39 is 0 Å². The van der Waals surface area contributed by atoms with Gasteiger partial charge in [0.1, 0.15) is 5.51 Å². The van der Waals surface area contributed by atoms with Gasteiger partial charge in [0.05, 0.1) is 10.9 Å². The van der Waals surface area contributed by atoms with Gasteiger partial charge in [-0.15, -0.1) is 10.2 Å². The molecule has 2 aromatic heterocycles. The predicted octanol–water partition coefficient (Wildman–Crippen LogP) is 1.95. The van der Waals surface area contributed by atoms with Crippen LogP contribution in [0.5, 0.6) is 0 Å². The van der Waals surface area contributed by atoms with E-state index in [1.54, 1.807) is 25.4 Å². The van der Waals surface area contributed by atoms with Crippen LogP contribution in [-0.2, 0) is 4.79 Å². The van der Waals surface area contributed by atoms with Gasteiger partial charge in [0.15, 0.2) is 4.34 Å². The maximum Gasteiger partial charge on any atom is 0.240 e. The van der Waals surface area contributed by atoms with Gasteiger partial charge in [-0.2, -0.15) is 0 Å². The summed E-state index contributed by atoms with van der Waals surface area (Å²) in [6.07, 6.45) is 0. The lowest BCUT2D eigenvalue weighted by Gasteiger charge is -2.07. The van der Waals surface area contributed by atoms with Crippen LogP contribution < -0.4 is 5.32 Å². The van der Waals surface area contributed by atoms with Crippen molar-refractivity contribution < 1.29 is 9.32 Å². The van der Waals surface area contributed by atoms with E-state index in [1.807, 2.05) is 0 Å². The lowest BCUT2D eigenvalue weighted by atomic mass is 10.4. The van der Waals surface area contributed by atoms with Gasteiger partial charge >= 0.3 is 0 Å². The van der Waals surface area contributed by atoms with Crippen molar-refractivity contribution in [2.45, 2.75) is 23.4 Å². The van der Waals surface area contributed by atoms with Crippen LogP contribution in [0.15, 0.2) is 20.4 Å². The topological polar surface area (TPSA) is 80.9 Å². The number of nitrogens with one attached hydrogen (secondary N) is 1. The van der Waals surface area contributed by atoms with E-state index in [2.05, 4.69) is 20.7 Å². The summed E-state index contributed by atoms with van der Waals surface area (Å²) in [4.78, 5) is 11.8. The SMILES string of the molecule is Cc1cc(NC(=O)[C@H](C)Sc2nncs2)on1. The Balaban J connectivity index is 1.91. The van der Waals surface area contributed by atoms with Gasteiger partial charge in [-0.25, -0.2) is 0 Å². The number of hydrogen-bond donors (Lipinski definition) is 1. The van der Waals surface area contributed by atoms with E-state index in [0.29, 0.717) is 5.88 Å². The van der Waals surface area contributed by atoms with Gasteiger partial charge in [-0.05, 0) is 13.8 Å². The van der Waals surface area contributed by atoms with E-state index in [1.165, 1.54) is 23.1 Å². The highest BCUT2D eigenvalue weighted by Crippen LogP contribution is 2.25. The molecule has 0 aromatic carbocycles. The molecule has 0 aliphatic heterocycles. The molecule has 2 heterocycles. The number of rotatable bonds is 4. The first-order valence-corrected chi connectivity index (χ1v) is 6.58. The number of nitrogens with zero attached hydrogens (tertiary/aromatic N) is 3. The number of thioether (sulfide) groups is 1. The van der Waals surface area contributed by atoms with Gasteiger partial charge in [-0.1, -0.05) is 28.3 Å². The molecule has 17 heavy (non-hydrogen) atoms. The van der Waals surface area contributed by atoms with Crippen molar-refractivity contribution in [2.75, 3.05) is 5.32 Å². The minimum Gasteiger partial charge on any atom is -0.338 e. The van der Waals surface area contributed by atoms with Crippen molar-refractivity contribution in [3.8, 4) is 0 Å². The summed E-state index contributed by atoms with van der Waals surface area (Å²) < 4.78 is 5.67. The lowest BCUT2D eigenvalue weighted by molar-refractivity contribution is -0.115. The summed E-state index contributed by atoms with van der Waals surface area (Å²) in [5.41, 5.74) is 2.36. The second kappa shape index (κ2) is 5.28. The fourth-order valence-corrected chi connectivity index (χ4v) is 2.69. The van der Waals surface area contributed by atoms with Crippen LogP contribution in [0.2, 0.25) is 0 Å². The molecule has 2 aromatic rings. The Labute approximate surface area is 106 Å². The van der Waals surface area contributed by atoms with E-state index in [9.17, 15) is 4.79 Å². The van der Waals surface area contributed by atoms with Crippen LogP contribution in [0.3, 0.4) is 0 Å². The zero-order valence-electron chi connectivity index (χ0n) is 9.21. The van der Waals surface area contributed by atoms with Crippen LogP contribution in [0, 0.1) is 6.92 Å². The zero-order valence-corrected chi connectivity index (χ0v) is 10.8. The number of amides is 1. The first kappa shape index (κ1) is 12.1. The molecular weight excluding hydrogens is 260 g/mol. The number of hydrogen-bond acceptors (Lipinski definition) is 7. The Morgan fingerprint density at radius 3 is 3.06 bits per heavy atom. The normalized spacial score (nSPS) is 12.4. The fraction of sp³-hybridized carbons (Fsp3) is 0.333. The molecule has 2 rings (SSSR count). The average Bonchev–Trinajstić information content (AvgIpc) is 2.90. The van der Waals surface area contributed by atoms with Gasteiger partial charge < -0.3 is 4.52 Å². The summed E-state index contributed by atoms with van der Waals surface area (Å²) in [6.45, 7) is 3.59. The molecule has 0 unspecified atom stereocenters. The minimum atomic E-state index is -0.270. The lowest BCUT2D eigenvalue weighted by Crippen LogP contribution is -2.22. The first-order chi connectivity index (χ1) is 8.15. The molecule has 0 fully saturated rings. The maximum absolute atomic E-state index is 11.8. The van der Waals surface area contributed by atoms with Crippen molar-refractivity contribution in [1.29, 1.82) is 0 Å². The Bertz CT molecular complexity index is 497. The zero-order chi connectivity index (χ0) is 12.3. The van der Waals surface area contributed by atoms with Crippen molar-refractivity contribution in [1.82, 2.24) is 15.4 Å². The van der Waals surface area contributed by atoms with Crippen LogP contribution in [0.1, 0.15) is 12.6 Å². The van der Waals surface area contributed by atoms with Crippen molar-refractivity contribution in [3.63, 3.8) is 0 Å². The van der Waals surface area contributed by atoms with Crippen LogP contribution >= 0.6 is 23.1 Å². The molecule has 6 nitrogen and oxygen atoms in total. The minimum absolute atomic E-state index is 0.152. The summed E-state index contributed by atoms with van der Waals surface area (Å²) in [5, 5.41) is 13.6. The Morgan fingerprint density at radius 1 is 1.65 bits per heavy atom. The smallest absolute Gasteiger partial charge is 0.240 e. The van der Waals surface area contributed by atoms with Crippen molar-refractivity contribution in [2.24, 2.45) is 0 Å². The summed E-state index contributed by atoms with van der Waals surface area (Å²) >= 11 is 2.76. The molecule has 1 amide bonds. The summed E-state index contributed by atoms with van der Waals surface area (Å²) in [6, 6.07) is 1.67. The second-order valence-electron chi connectivity index (χ2n) is 3.29. The summed E-state index contributed by atoms with van der Waals surface area (Å²) in [7, 11) is 0. The molecule has 1 atom stereocenters. The Morgan fingerprint density at radius 2 is 2.47 bits per heavy atom. The van der Waals surface area contributed by atoms with Gasteiger partial charge in [0, 0.05) is 6.07 Å². The molecule has 0 bridgehead atoms. The molecule has 90 valence electrons. The molecule has 0 aliphatic rings. The van der Waals surface area contributed by atoms with E-state index in [0.717, 1.165) is 10.0 Å². The quantitative estimate of drug-likeness (QED) is 0.855. The average molecular weight is 270 g/mol. The number of anilines is 1. The van der Waals surface area contributed by atoms with Crippen LogP contribution in [0.25, 0.3) is 0 Å². The van der Waals surface area contributed by atoms with Crippen molar-refractivity contribution >= 4 is 34.9 Å². The number of aryl methyl sites for hydroxylation is 1. The Hall–Kier alpha value is -1.41. The number of carbonyl (C=O) groups is 1. The maximum atomic E-state index is 11.8. The molecule has 0 saturated heterocycles. The molecule has 0 spiro atoms. The monoisotopic (exact) mass is 270 g/mol. The molecule has 0 saturated carbocycles. The van der Waals surface area contributed by atoms with Crippen LogP contribution in [0.4, 0.5) is 5.88 Å². The third kappa shape index (κ3) is 3.27. The molecule has 0 radical (unpaired) electrons. The number of aromatic nitrogens is 3. The highest BCUT2D eigenvalue weighted by molar-refractivity contribution is 8.02. The third-order valence-electron chi connectivity index (χ3n) is 1.86.